The van der Waals surface area contributed by atoms with Crippen LogP contribution in [0.15, 0.2) is 17.0 Å². The molecular weight excluding hydrogens is 377 g/mol. The van der Waals surface area contributed by atoms with Crippen molar-refractivity contribution in [2.75, 3.05) is 7.11 Å². The number of benzene rings is 1. The lowest BCUT2D eigenvalue weighted by molar-refractivity contribution is -0.386. The van der Waals surface area contributed by atoms with Crippen LogP contribution in [0.1, 0.15) is 25.7 Å². The zero-order valence-electron chi connectivity index (χ0n) is 13.4. The van der Waals surface area contributed by atoms with Gasteiger partial charge < -0.3 is 10.1 Å². The molecule has 2 unspecified atom stereocenters. The number of nitrogens with zero attached hydrogens (tertiary/aromatic N) is 1. The van der Waals surface area contributed by atoms with Crippen LogP contribution in [0.5, 0.6) is 5.75 Å². The fraction of sp³-hybridized carbons (Fsp3) is 0.571. The van der Waals surface area contributed by atoms with Crippen molar-refractivity contribution >= 4 is 28.1 Å². The monoisotopic (exact) mass is 395 g/mol. The van der Waals surface area contributed by atoms with E-state index >= 15 is 0 Å². The average molecular weight is 396 g/mol. The van der Waals surface area contributed by atoms with Crippen LogP contribution in [0, 0.1) is 15.9 Å². The molecule has 2 atom stereocenters. The highest BCUT2D eigenvalue weighted by atomic mass is 35.5. The van der Waals surface area contributed by atoms with Crippen LogP contribution >= 0.6 is 12.4 Å². The SMILES string of the molecule is COc1c(F)cc(S(=O)(=O)NC2CC3CCC(C2)N3)cc1[N+](=O)[O-].Cl. The minimum Gasteiger partial charge on any atom is -0.488 e. The number of fused-ring (bicyclic) bond motifs is 2. The van der Waals surface area contributed by atoms with Gasteiger partial charge in [0.15, 0.2) is 5.82 Å². The summed E-state index contributed by atoms with van der Waals surface area (Å²) in [6, 6.07) is 1.85. The molecule has 0 amide bonds. The molecule has 2 saturated heterocycles. The van der Waals surface area contributed by atoms with Gasteiger partial charge in [-0.25, -0.2) is 17.5 Å². The Balaban J connectivity index is 0.00000225. The molecule has 0 aliphatic carbocycles. The van der Waals surface area contributed by atoms with E-state index in [-0.39, 0.29) is 30.5 Å². The number of hydrogen-bond donors (Lipinski definition) is 2. The fourth-order valence-electron chi connectivity index (χ4n) is 3.49. The van der Waals surface area contributed by atoms with Crippen LogP contribution in [0.2, 0.25) is 0 Å². The third kappa shape index (κ3) is 4.02. The number of methoxy groups -OCH3 is 1. The van der Waals surface area contributed by atoms with E-state index in [9.17, 15) is 22.9 Å². The van der Waals surface area contributed by atoms with Crippen LogP contribution in [-0.4, -0.2) is 38.6 Å². The summed E-state index contributed by atoms with van der Waals surface area (Å²) in [6.45, 7) is 0. The van der Waals surface area contributed by atoms with Crippen molar-refractivity contribution in [1.29, 1.82) is 0 Å². The van der Waals surface area contributed by atoms with Crippen LogP contribution in [0.25, 0.3) is 0 Å². The van der Waals surface area contributed by atoms with E-state index in [1.54, 1.807) is 0 Å². The van der Waals surface area contributed by atoms with Gasteiger partial charge in [0.05, 0.1) is 16.9 Å². The van der Waals surface area contributed by atoms with Gasteiger partial charge in [-0.2, -0.15) is 0 Å². The third-order valence-corrected chi connectivity index (χ3v) is 6.00. The van der Waals surface area contributed by atoms with Gasteiger partial charge in [0.2, 0.25) is 15.8 Å². The lowest BCUT2D eigenvalue weighted by Gasteiger charge is -2.29. The lowest BCUT2D eigenvalue weighted by Crippen LogP contribution is -2.47. The fourth-order valence-corrected chi connectivity index (χ4v) is 4.78. The van der Waals surface area contributed by atoms with E-state index in [2.05, 4.69) is 14.8 Å². The van der Waals surface area contributed by atoms with E-state index < -0.39 is 37.1 Å². The minimum atomic E-state index is -4.06. The van der Waals surface area contributed by atoms with Gasteiger partial charge >= 0.3 is 5.69 Å². The summed E-state index contributed by atoms with van der Waals surface area (Å²) in [5.41, 5.74) is -0.719. The van der Waals surface area contributed by atoms with Gasteiger partial charge in [0.1, 0.15) is 0 Å². The Hall–Kier alpha value is -1.49. The van der Waals surface area contributed by atoms with Gasteiger partial charge in [-0.15, -0.1) is 12.4 Å². The Morgan fingerprint density at radius 1 is 1.32 bits per heavy atom. The molecule has 25 heavy (non-hydrogen) atoms. The second-order valence-electron chi connectivity index (χ2n) is 6.14. The molecule has 2 aliphatic rings. The van der Waals surface area contributed by atoms with E-state index in [1.165, 1.54) is 0 Å². The van der Waals surface area contributed by atoms with Crippen LogP contribution in [-0.2, 0) is 10.0 Å². The highest BCUT2D eigenvalue weighted by molar-refractivity contribution is 7.89. The van der Waals surface area contributed by atoms with Crippen LogP contribution in [0.4, 0.5) is 10.1 Å². The van der Waals surface area contributed by atoms with Gasteiger partial charge in [0, 0.05) is 24.2 Å². The molecule has 140 valence electrons. The van der Waals surface area contributed by atoms with Crippen molar-refractivity contribution in [3.63, 3.8) is 0 Å². The van der Waals surface area contributed by atoms with Crippen molar-refractivity contribution in [2.24, 2.45) is 0 Å². The van der Waals surface area contributed by atoms with Crippen molar-refractivity contribution in [3.8, 4) is 5.75 Å². The number of halogens is 2. The molecule has 2 heterocycles. The maximum Gasteiger partial charge on any atom is 0.315 e. The number of piperidine rings is 1. The standard InChI is InChI=1S/C14H18FN3O5S.ClH/c1-23-14-12(15)6-11(7-13(14)18(19)20)24(21,22)17-10-4-8-2-3-9(5-10)16-8;/h6-10,16-17H,2-5H2,1H3;1H. The summed E-state index contributed by atoms with van der Waals surface area (Å²) < 4.78 is 46.2. The van der Waals surface area contributed by atoms with Crippen LogP contribution in [0.3, 0.4) is 0 Å². The van der Waals surface area contributed by atoms with E-state index in [0.717, 1.165) is 32.1 Å². The molecule has 0 saturated carbocycles. The Kier molecular flexibility index (Phi) is 5.87. The molecule has 0 spiro atoms. The molecule has 2 N–H and O–H groups in total. The first-order valence-electron chi connectivity index (χ1n) is 7.60. The summed E-state index contributed by atoms with van der Waals surface area (Å²) in [5.74, 6) is -1.67. The number of ether oxygens (including phenoxy) is 1. The zero-order chi connectivity index (χ0) is 17.5. The third-order valence-electron chi connectivity index (χ3n) is 4.50. The van der Waals surface area contributed by atoms with Crippen molar-refractivity contribution in [2.45, 2.75) is 48.7 Å². The first-order valence-corrected chi connectivity index (χ1v) is 9.09. The van der Waals surface area contributed by atoms with Gasteiger partial charge in [-0.3, -0.25) is 10.1 Å². The Labute approximate surface area is 150 Å². The molecule has 1 aromatic rings. The maximum atomic E-state index is 14.0. The minimum absolute atomic E-state index is 0. The molecule has 3 rings (SSSR count). The van der Waals surface area contributed by atoms with Crippen molar-refractivity contribution in [1.82, 2.24) is 10.0 Å². The lowest BCUT2D eigenvalue weighted by atomic mass is 10.0. The predicted molar refractivity (Wildman–Crippen MR) is 90.1 cm³/mol. The smallest absolute Gasteiger partial charge is 0.315 e. The number of rotatable bonds is 5. The summed E-state index contributed by atoms with van der Waals surface area (Å²) in [4.78, 5) is 9.69. The van der Waals surface area contributed by atoms with Crippen LogP contribution < -0.4 is 14.8 Å². The van der Waals surface area contributed by atoms with Gasteiger partial charge in [-0.1, -0.05) is 0 Å². The normalized spacial score (nSPS) is 25.3. The largest absolute Gasteiger partial charge is 0.488 e. The molecule has 11 heteroatoms. The summed E-state index contributed by atoms with van der Waals surface area (Å²) in [7, 11) is -2.97. The first kappa shape index (κ1) is 19.8. The van der Waals surface area contributed by atoms with E-state index in [4.69, 9.17) is 0 Å². The molecule has 2 fully saturated rings. The summed E-state index contributed by atoms with van der Waals surface area (Å²) >= 11 is 0. The predicted octanol–water partition coefficient (Wildman–Crippen LogP) is 1.73. The zero-order valence-corrected chi connectivity index (χ0v) is 15.0. The summed E-state index contributed by atoms with van der Waals surface area (Å²) in [5, 5.41) is 14.4. The highest BCUT2D eigenvalue weighted by Gasteiger charge is 2.36. The Bertz CT molecular complexity index is 764. The molecule has 0 aromatic heterocycles. The molecule has 8 nitrogen and oxygen atoms in total. The first-order chi connectivity index (χ1) is 11.3. The highest BCUT2D eigenvalue weighted by Crippen LogP contribution is 2.33. The molecule has 2 bridgehead atoms. The topological polar surface area (TPSA) is 111 Å². The molecule has 0 radical (unpaired) electrons. The van der Waals surface area contributed by atoms with Crippen molar-refractivity contribution in [3.05, 3.63) is 28.1 Å². The molecule has 1 aromatic carbocycles. The number of nitro groups is 1. The van der Waals surface area contributed by atoms with E-state index in [0.29, 0.717) is 12.8 Å². The Morgan fingerprint density at radius 2 is 1.92 bits per heavy atom. The summed E-state index contributed by atoms with van der Waals surface area (Å²) in [6.07, 6.45) is 3.31. The average Bonchev–Trinajstić information content (AvgIpc) is 2.84. The van der Waals surface area contributed by atoms with Gasteiger partial charge in [-0.05, 0) is 31.7 Å². The maximum absolute atomic E-state index is 14.0. The second-order valence-corrected chi connectivity index (χ2v) is 7.86. The van der Waals surface area contributed by atoms with E-state index in [1.807, 2.05) is 0 Å². The number of nitrogens with one attached hydrogen (secondary N) is 2. The quantitative estimate of drug-likeness (QED) is 0.580. The van der Waals surface area contributed by atoms with Crippen molar-refractivity contribution < 1.29 is 22.5 Å². The number of hydrogen-bond acceptors (Lipinski definition) is 6. The second kappa shape index (κ2) is 7.40. The number of nitro benzene ring substituents is 1. The molecule has 2 aliphatic heterocycles. The van der Waals surface area contributed by atoms with Gasteiger partial charge in [0.25, 0.3) is 0 Å². The molecular formula is C14H19ClFN3O5S. The number of sulfonamides is 1. The Morgan fingerprint density at radius 3 is 2.44 bits per heavy atom.